The van der Waals surface area contributed by atoms with E-state index in [0.717, 1.165) is 6.29 Å². The van der Waals surface area contributed by atoms with Gasteiger partial charge >= 0.3 is 0 Å². The molecule has 24 heavy (non-hydrogen) atoms. The Hall–Kier alpha value is -1.53. The Morgan fingerprint density at radius 1 is 1.38 bits per heavy atom. The summed E-state index contributed by atoms with van der Waals surface area (Å²) in [7, 11) is -2.19. The topological polar surface area (TPSA) is 55.4 Å². The molecular formula is C18H28FNO3Si. The summed E-state index contributed by atoms with van der Waals surface area (Å²) in [5.74, 6) is -0.593. The minimum absolute atomic E-state index is 0.0616. The highest BCUT2D eigenvalue weighted by Gasteiger charge is 2.41. The highest BCUT2D eigenvalue weighted by molar-refractivity contribution is 6.74. The van der Waals surface area contributed by atoms with Crippen molar-refractivity contribution in [3.8, 4) is 0 Å². The molecule has 0 heterocycles. The van der Waals surface area contributed by atoms with Gasteiger partial charge in [0.2, 0.25) is 5.91 Å². The molecule has 2 atom stereocenters. The van der Waals surface area contributed by atoms with Crippen LogP contribution in [0.4, 0.5) is 4.39 Å². The minimum atomic E-state index is -2.19. The number of rotatable bonds is 7. The average molecular weight is 354 g/mol. The van der Waals surface area contributed by atoms with Gasteiger partial charge in [-0.3, -0.25) is 4.79 Å². The van der Waals surface area contributed by atoms with Crippen molar-refractivity contribution >= 4 is 20.5 Å². The van der Waals surface area contributed by atoms with Crippen molar-refractivity contribution in [2.24, 2.45) is 0 Å². The van der Waals surface area contributed by atoms with Crippen molar-refractivity contribution in [2.75, 3.05) is 0 Å². The summed E-state index contributed by atoms with van der Waals surface area (Å²) >= 11 is 0. The largest absolute Gasteiger partial charge is 0.405 e. The Morgan fingerprint density at radius 3 is 2.46 bits per heavy atom. The molecule has 2 unspecified atom stereocenters. The van der Waals surface area contributed by atoms with E-state index in [-0.39, 0.29) is 16.8 Å². The minimum Gasteiger partial charge on any atom is -0.405 e. The third-order valence-electron chi connectivity index (χ3n) is 4.50. The van der Waals surface area contributed by atoms with E-state index in [0.29, 0.717) is 12.0 Å². The molecule has 1 N–H and O–H groups in total. The van der Waals surface area contributed by atoms with E-state index < -0.39 is 20.5 Å². The molecule has 0 aliphatic carbocycles. The van der Waals surface area contributed by atoms with Gasteiger partial charge in [-0.25, -0.2) is 4.39 Å². The Kier molecular flexibility index (Phi) is 6.86. The Morgan fingerprint density at radius 2 is 2.00 bits per heavy atom. The fraction of sp³-hybridized carbons (Fsp3) is 0.556. The van der Waals surface area contributed by atoms with Crippen LogP contribution in [-0.2, 0) is 20.4 Å². The van der Waals surface area contributed by atoms with Crippen molar-refractivity contribution in [3.05, 3.63) is 35.6 Å². The molecule has 134 valence electrons. The zero-order chi connectivity index (χ0) is 18.5. The molecule has 1 amide bonds. The van der Waals surface area contributed by atoms with Gasteiger partial charge in [0.15, 0.2) is 8.32 Å². The van der Waals surface area contributed by atoms with E-state index in [1.54, 1.807) is 12.1 Å². The van der Waals surface area contributed by atoms with Crippen molar-refractivity contribution in [1.82, 2.24) is 5.32 Å². The summed E-state index contributed by atoms with van der Waals surface area (Å²) in [4.78, 5) is 23.2. The lowest BCUT2D eigenvalue weighted by Crippen LogP contribution is -2.53. The predicted octanol–water partition coefficient (Wildman–Crippen LogP) is 3.46. The third-order valence-corrected chi connectivity index (χ3v) is 8.97. The summed E-state index contributed by atoms with van der Waals surface area (Å²) in [5, 5.41) is 2.72. The third kappa shape index (κ3) is 5.83. The molecule has 1 rings (SSSR count). The lowest BCUT2D eigenvalue weighted by Gasteiger charge is -2.40. The van der Waals surface area contributed by atoms with E-state index >= 15 is 0 Å². The van der Waals surface area contributed by atoms with Crippen LogP contribution in [0.3, 0.4) is 0 Å². The predicted molar refractivity (Wildman–Crippen MR) is 95.8 cm³/mol. The van der Waals surface area contributed by atoms with E-state index in [4.69, 9.17) is 4.43 Å². The first kappa shape index (κ1) is 20.5. The molecule has 0 aliphatic heterocycles. The highest BCUT2D eigenvalue weighted by atomic mass is 28.4. The number of hydrogen-bond donors (Lipinski definition) is 1. The summed E-state index contributed by atoms with van der Waals surface area (Å²) in [6.07, 6.45) is 0.300. The standard InChI is InChI=1S/C18H28FNO3Si/c1-13(22)20-16(11-14-8-7-9-15(19)10-14)17(12-21)23-24(5,6)18(2,3)4/h7-10,12,16-17H,11H2,1-6H3,(H,20,22). The highest BCUT2D eigenvalue weighted by Crippen LogP contribution is 2.37. The van der Waals surface area contributed by atoms with Gasteiger partial charge in [0.05, 0.1) is 6.04 Å². The van der Waals surface area contributed by atoms with Crippen LogP contribution in [0.2, 0.25) is 18.1 Å². The Bertz CT molecular complexity index is 584. The normalized spacial score (nSPS) is 14.8. The molecule has 0 saturated heterocycles. The number of hydrogen-bond acceptors (Lipinski definition) is 3. The second kappa shape index (κ2) is 8.03. The molecule has 0 aliphatic rings. The van der Waals surface area contributed by atoms with Gasteiger partial charge in [-0.2, -0.15) is 0 Å². The van der Waals surface area contributed by atoms with Crippen molar-refractivity contribution in [2.45, 2.75) is 64.4 Å². The summed E-state index contributed by atoms with van der Waals surface area (Å²) in [6, 6.07) is 5.62. The van der Waals surface area contributed by atoms with E-state index in [1.165, 1.54) is 19.1 Å². The van der Waals surface area contributed by atoms with Crippen LogP contribution in [-0.4, -0.2) is 32.7 Å². The molecule has 0 spiro atoms. The Balaban J connectivity index is 3.03. The fourth-order valence-electron chi connectivity index (χ4n) is 2.15. The van der Waals surface area contributed by atoms with E-state index in [9.17, 15) is 14.0 Å². The monoisotopic (exact) mass is 353 g/mol. The first-order valence-corrected chi connectivity index (χ1v) is 11.0. The van der Waals surface area contributed by atoms with Gasteiger partial charge < -0.3 is 14.5 Å². The van der Waals surface area contributed by atoms with Gasteiger partial charge in [-0.1, -0.05) is 32.9 Å². The number of carbonyl (C=O) groups is 2. The second-order valence-electron chi connectivity index (χ2n) is 7.62. The van der Waals surface area contributed by atoms with Crippen LogP contribution in [0, 0.1) is 5.82 Å². The molecule has 0 fully saturated rings. The van der Waals surface area contributed by atoms with Gasteiger partial charge in [-0.15, -0.1) is 0 Å². The van der Waals surface area contributed by atoms with Crippen LogP contribution in [0.5, 0.6) is 0 Å². The zero-order valence-electron chi connectivity index (χ0n) is 15.4. The maximum absolute atomic E-state index is 13.4. The van der Waals surface area contributed by atoms with Crippen molar-refractivity contribution < 1.29 is 18.4 Å². The average Bonchev–Trinajstić information content (AvgIpc) is 2.42. The first-order valence-electron chi connectivity index (χ1n) is 8.11. The van der Waals surface area contributed by atoms with Crippen LogP contribution in [0.15, 0.2) is 24.3 Å². The first-order chi connectivity index (χ1) is 11.0. The van der Waals surface area contributed by atoms with Crippen LogP contribution in [0.1, 0.15) is 33.3 Å². The smallest absolute Gasteiger partial charge is 0.217 e. The van der Waals surface area contributed by atoms with Crippen LogP contribution < -0.4 is 5.32 Å². The SMILES string of the molecule is CC(=O)NC(Cc1cccc(F)c1)C(C=O)O[Si](C)(C)C(C)(C)C. The number of halogens is 1. The molecule has 0 bridgehead atoms. The van der Waals surface area contributed by atoms with Crippen molar-refractivity contribution in [1.29, 1.82) is 0 Å². The molecular weight excluding hydrogens is 325 g/mol. The van der Waals surface area contributed by atoms with Gasteiger partial charge in [-0.05, 0) is 42.2 Å². The second-order valence-corrected chi connectivity index (χ2v) is 12.4. The maximum Gasteiger partial charge on any atom is 0.217 e. The molecule has 6 heteroatoms. The number of carbonyl (C=O) groups excluding carboxylic acids is 2. The zero-order valence-corrected chi connectivity index (χ0v) is 16.4. The molecule has 0 saturated carbocycles. The fourth-order valence-corrected chi connectivity index (χ4v) is 3.40. The molecule has 1 aromatic carbocycles. The van der Waals surface area contributed by atoms with E-state index in [2.05, 4.69) is 39.2 Å². The lowest BCUT2D eigenvalue weighted by molar-refractivity contribution is -0.121. The number of benzene rings is 1. The number of aldehydes is 1. The molecule has 4 nitrogen and oxygen atoms in total. The van der Waals surface area contributed by atoms with Crippen LogP contribution >= 0.6 is 0 Å². The molecule has 0 aromatic heterocycles. The molecule has 0 radical (unpaired) electrons. The lowest BCUT2D eigenvalue weighted by atomic mass is 10.0. The summed E-state index contributed by atoms with van der Waals surface area (Å²) in [5.41, 5.74) is 0.708. The summed E-state index contributed by atoms with van der Waals surface area (Å²) < 4.78 is 19.6. The van der Waals surface area contributed by atoms with Crippen LogP contribution in [0.25, 0.3) is 0 Å². The van der Waals surface area contributed by atoms with Crippen molar-refractivity contribution in [3.63, 3.8) is 0 Å². The Labute approximate surface area is 144 Å². The number of nitrogens with one attached hydrogen (secondary N) is 1. The maximum atomic E-state index is 13.4. The quantitative estimate of drug-likeness (QED) is 0.603. The van der Waals surface area contributed by atoms with E-state index in [1.807, 2.05) is 0 Å². The number of amides is 1. The van der Waals surface area contributed by atoms with Gasteiger partial charge in [0, 0.05) is 6.92 Å². The van der Waals surface area contributed by atoms with Gasteiger partial charge in [0.25, 0.3) is 0 Å². The molecule has 1 aromatic rings. The van der Waals surface area contributed by atoms with Gasteiger partial charge in [0.1, 0.15) is 18.2 Å². The summed E-state index contributed by atoms with van der Waals surface area (Å²) in [6.45, 7) is 11.8.